The number of hydrogen-bond acceptors (Lipinski definition) is 5. The van der Waals surface area contributed by atoms with Crippen molar-refractivity contribution in [1.29, 1.82) is 0 Å². The highest BCUT2D eigenvalue weighted by Gasteiger charge is 2.31. The van der Waals surface area contributed by atoms with Crippen molar-refractivity contribution in [2.45, 2.75) is 31.8 Å². The minimum Gasteiger partial charge on any atom is -0.486 e. The smallest absolute Gasteiger partial charge is 0.255 e. The first-order valence-corrected chi connectivity index (χ1v) is 12.8. The molecule has 0 bridgehead atoms. The Hall–Kier alpha value is -3.17. The average Bonchev–Trinajstić information content (AvgIpc) is 3.22. The van der Waals surface area contributed by atoms with Crippen LogP contribution < -0.4 is 10.1 Å². The van der Waals surface area contributed by atoms with Crippen LogP contribution in [0, 0.1) is 11.8 Å². The van der Waals surface area contributed by atoms with Gasteiger partial charge in [-0.25, -0.2) is 13.4 Å². The summed E-state index contributed by atoms with van der Waals surface area (Å²) in [4.78, 5) is 17.1. The number of anilines is 1. The predicted molar refractivity (Wildman–Crippen MR) is 130 cm³/mol. The Bertz CT molecular complexity index is 1230. The van der Waals surface area contributed by atoms with Crippen molar-refractivity contribution in [2.75, 3.05) is 18.4 Å². The SMILES string of the molecule is CC1CC(C)CN(S(=O)(=O)c2ccc(NC(=O)c3ccc(OCc4nccn4C)cc3)cc2)C1. The Balaban J connectivity index is 1.36. The molecule has 0 spiro atoms. The molecular weight excluding hydrogens is 452 g/mol. The fourth-order valence-corrected chi connectivity index (χ4v) is 5.93. The summed E-state index contributed by atoms with van der Waals surface area (Å²) >= 11 is 0. The zero-order chi connectivity index (χ0) is 24.3. The fraction of sp³-hybridized carbons (Fsp3) is 0.360. The normalized spacial score (nSPS) is 19.0. The highest BCUT2D eigenvalue weighted by Crippen LogP contribution is 2.27. The summed E-state index contributed by atoms with van der Waals surface area (Å²) in [7, 11) is -1.66. The Morgan fingerprint density at radius 2 is 1.71 bits per heavy atom. The second-order valence-corrected chi connectivity index (χ2v) is 11.0. The highest BCUT2D eigenvalue weighted by atomic mass is 32.2. The van der Waals surface area contributed by atoms with Gasteiger partial charge < -0.3 is 14.6 Å². The largest absolute Gasteiger partial charge is 0.486 e. The monoisotopic (exact) mass is 482 g/mol. The summed E-state index contributed by atoms with van der Waals surface area (Å²) in [6.45, 7) is 5.56. The predicted octanol–water partition coefficient (Wildman–Crippen LogP) is 3.92. The van der Waals surface area contributed by atoms with E-state index < -0.39 is 10.0 Å². The number of aryl methyl sites for hydroxylation is 1. The molecule has 1 aliphatic rings. The van der Waals surface area contributed by atoms with Gasteiger partial charge in [0.25, 0.3) is 5.91 Å². The average molecular weight is 483 g/mol. The number of ether oxygens (including phenoxy) is 1. The number of hydrogen-bond donors (Lipinski definition) is 1. The summed E-state index contributed by atoms with van der Waals surface area (Å²) < 4.78 is 35.2. The molecule has 1 fully saturated rings. The van der Waals surface area contributed by atoms with Crippen LogP contribution in [-0.4, -0.2) is 41.3 Å². The van der Waals surface area contributed by atoms with Gasteiger partial charge in [0.1, 0.15) is 18.2 Å². The van der Waals surface area contributed by atoms with Gasteiger partial charge in [-0.05, 0) is 66.8 Å². The lowest BCUT2D eigenvalue weighted by Gasteiger charge is -2.34. The van der Waals surface area contributed by atoms with Crippen LogP contribution in [0.1, 0.15) is 36.5 Å². The van der Waals surface area contributed by atoms with Gasteiger partial charge in [-0.1, -0.05) is 13.8 Å². The van der Waals surface area contributed by atoms with Crippen molar-refractivity contribution in [3.8, 4) is 5.75 Å². The van der Waals surface area contributed by atoms with E-state index in [9.17, 15) is 13.2 Å². The molecule has 8 nitrogen and oxygen atoms in total. The van der Waals surface area contributed by atoms with E-state index in [0.29, 0.717) is 48.5 Å². The zero-order valence-electron chi connectivity index (χ0n) is 19.6. The molecule has 2 heterocycles. The van der Waals surface area contributed by atoms with E-state index in [-0.39, 0.29) is 10.8 Å². The van der Waals surface area contributed by atoms with Crippen LogP contribution in [0.4, 0.5) is 5.69 Å². The third kappa shape index (κ3) is 5.48. The molecule has 34 heavy (non-hydrogen) atoms. The van der Waals surface area contributed by atoms with E-state index in [2.05, 4.69) is 24.1 Å². The first-order valence-electron chi connectivity index (χ1n) is 11.3. The minimum atomic E-state index is -3.55. The van der Waals surface area contributed by atoms with E-state index in [1.165, 1.54) is 0 Å². The third-order valence-corrected chi connectivity index (χ3v) is 7.84. The molecule has 0 aliphatic carbocycles. The lowest BCUT2D eigenvalue weighted by Crippen LogP contribution is -2.42. The van der Waals surface area contributed by atoms with Crippen LogP contribution in [0.25, 0.3) is 0 Å². The van der Waals surface area contributed by atoms with Crippen molar-refractivity contribution < 1.29 is 17.9 Å². The first-order chi connectivity index (χ1) is 16.2. The van der Waals surface area contributed by atoms with Crippen LogP contribution >= 0.6 is 0 Å². The number of imidazole rings is 1. The topological polar surface area (TPSA) is 93.5 Å². The van der Waals surface area contributed by atoms with E-state index in [1.807, 2.05) is 17.8 Å². The third-order valence-electron chi connectivity index (χ3n) is 5.99. The maximum atomic E-state index is 13.0. The van der Waals surface area contributed by atoms with Gasteiger partial charge in [0, 0.05) is 43.8 Å². The second kappa shape index (κ2) is 9.99. The Morgan fingerprint density at radius 1 is 1.06 bits per heavy atom. The standard InChI is InChI=1S/C25H30N4O4S/c1-18-14-19(2)16-29(15-18)34(31,32)23-10-6-21(7-11-23)27-25(30)20-4-8-22(9-5-20)33-17-24-26-12-13-28(24)3/h4-13,18-19H,14-17H2,1-3H3,(H,27,30). The summed E-state index contributed by atoms with van der Waals surface area (Å²) in [5.41, 5.74) is 0.997. The first kappa shape index (κ1) is 24.0. The number of nitrogens with zero attached hydrogens (tertiary/aromatic N) is 3. The Labute approximate surface area is 200 Å². The van der Waals surface area contributed by atoms with Crippen LogP contribution in [0.15, 0.2) is 65.8 Å². The summed E-state index contributed by atoms with van der Waals surface area (Å²) in [6.07, 6.45) is 4.60. The molecule has 1 aliphatic heterocycles. The van der Waals surface area contributed by atoms with E-state index in [4.69, 9.17) is 4.74 Å². The molecular formula is C25H30N4O4S. The number of sulfonamides is 1. The molecule has 3 aromatic rings. The van der Waals surface area contributed by atoms with Gasteiger partial charge in [-0.3, -0.25) is 4.79 Å². The quantitative estimate of drug-likeness (QED) is 0.551. The molecule has 0 saturated carbocycles. The number of piperidine rings is 1. The number of amides is 1. The van der Waals surface area contributed by atoms with Gasteiger partial charge in [0.05, 0.1) is 4.90 Å². The number of carbonyl (C=O) groups is 1. The van der Waals surface area contributed by atoms with Crippen molar-refractivity contribution in [1.82, 2.24) is 13.9 Å². The molecule has 4 rings (SSSR count). The van der Waals surface area contributed by atoms with Crippen molar-refractivity contribution in [2.24, 2.45) is 18.9 Å². The van der Waals surface area contributed by atoms with Gasteiger partial charge in [-0.2, -0.15) is 4.31 Å². The Kier molecular flexibility index (Phi) is 7.04. The van der Waals surface area contributed by atoms with Crippen molar-refractivity contribution in [3.05, 3.63) is 72.3 Å². The molecule has 180 valence electrons. The number of nitrogens with one attached hydrogen (secondary N) is 1. The molecule has 2 unspecified atom stereocenters. The van der Waals surface area contributed by atoms with Gasteiger partial charge in [0.15, 0.2) is 0 Å². The summed E-state index contributed by atoms with van der Waals surface area (Å²) in [5, 5.41) is 2.81. The van der Waals surface area contributed by atoms with Crippen LogP contribution in [-0.2, 0) is 23.7 Å². The van der Waals surface area contributed by atoms with Crippen molar-refractivity contribution in [3.63, 3.8) is 0 Å². The molecule has 2 atom stereocenters. The summed E-state index contributed by atoms with van der Waals surface area (Å²) in [5.74, 6) is 1.82. The van der Waals surface area contributed by atoms with Gasteiger partial charge in [-0.15, -0.1) is 0 Å². The number of rotatable bonds is 7. The number of carbonyl (C=O) groups excluding carboxylic acids is 1. The molecule has 1 aromatic heterocycles. The molecule has 1 saturated heterocycles. The second-order valence-electron chi connectivity index (χ2n) is 9.01. The van der Waals surface area contributed by atoms with Crippen LogP contribution in [0.2, 0.25) is 0 Å². The lowest BCUT2D eigenvalue weighted by atomic mass is 9.94. The zero-order valence-corrected chi connectivity index (χ0v) is 20.5. The number of aromatic nitrogens is 2. The van der Waals surface area contributed by atoms with Crippen LogP contribution in [0.3, 0.4) is 0 Å². The molecule has 9 heteroatoms. The highest BCUT2D eigenvalue weighted by molar-refractivity contribution is 7.89. The summed E-state index contributed by atoms with van der Waals surface area (Å²) in [6, 6.07) is 13.1. The van der Waals surface area contributed by atoms with Gasteiger partial charge >= 0.3 is 0 Å². The Morgan fingerprint density at radius 3 is 2.29 bits per heavy atom. The lowest BCUT2D eigenvalue weighted by molar-refractivity contribution is 0.102. The van der Waals surface area contributed by atoms with E-state index in [0.717, 1.165) is 12.2 Å². The van der Waals surface area contributed by atoms with E-state index in [1.54, 1.807) is 59.0 Å². The molecule has 1 N–H and O–H groups in total. The molecule has 2 aromatic carbocycles. The maximum Gasteiger partial charge on any atom is 0.255 e. The van der Waals surface area contributed by atoms with Crippen molar-refractivity contribution >= 4 is 21.6 Å². The fourth-order valence-electron chi connectivity index (χ4n) is 4.25. The molecule has 0 radical (unpaired) electrons. The minimum absolute atomic E-state index is 0.237. The van der Waals surface area contributed by atoms with Crippen LogP contribution in [0.5, 0.6) is 5.75 Å². The molecule has 1 amide bonds. The maximum absolute atomic E-state index is 13.0. The van der Waals surface area contributed by atoms with E-state index >= 15 is 0 Å². The van der Waals surface area contributed by atoms with Gasteiger partial charge in [0.2, 0.25) is 10.0 Å². The number of benzene rings is 2.